The van der Waals surface area contributed by atoms with Gasteiger partial charge in [0.15, 0.2) is 6.61 Å². The van der Waals surface area contributed by atoms with Crippen molar-refractivity contribution in [3.63, 3.8) is 0 Å². The number of carbonyl (C=O) groups excluding carboxylic acids is 1. The molecule has 2 heterocycles. The summed E-state index contributed by atoms with van der Waals surface area (Å²) in [6, 6.07) is 8.21. The molecule has 1 aromatic rings. The van der Waals surface area contributed by atoms with Crippen LogP contribution in [0.25, 0.3) is 0 Å². The number of aryl methyl sites for hydroxylation is 1. The minimum Gasteiger partial charge on any atom is -0.484 e. The van der Waals surface area contributed by atoms with Gasteiger partial charge in [0.05, 0.1) is 6.61 Å². The molecule has 2 fully saturated rings. The van der Waals surface area contributed by atoms with Gasteiger partial charge in [-0.05, 0) is 49.3 Å². The van der Waals surface area contributed by atoms with Gasteiger partial charge >= 0.3 is 0 Å². The van der Waals surface area contributed by atoms with E-state index in [1.54, 1.807) is 0 Å². The zero-order valence-corrected chi connectivity index (χ0v) is 15.2. The van der Waals surface area contributed by atoms with Crippen LogP contribution in [0.5, 0.6) is 5.75 Å². The average Bonchev–Trinajstić information content (AvgIpc) is 3.15. The van der Waals surface area contributed by atoms with E-state index < -0.39 is 0 Å². The Balaban J connectivity index is 1.33. The first-order valence-corrected chi connectivity index (χ1v) is 9.54. The second-order valence-electron chi connectivity index (χ2n) is 7.16. The molecule has 0 radical (unpaired) electrons. The Hall–Kier alpha value is -1.59. The minimum absolute atomic E-state index is 0.0257. The standard InChI is InChI=1S/C20H30N2O3/c1-2-16-3-5-19(6-4-16)25-15-20(23)21-18-7-10-22(11-8-18)13-17-9-12-24-14-17/h3-6,17-18H,2,7-15H2,1H3,(H,21,23)/t17-/m1/s1. The zero-order chi connectivity index (χ0) is 17.5. The van der Waals surface area contributed by atoms with Crippen LogP contribution in [0.4, 0.5) is 0 Å². The normalized spacial score (nSPS) is 22.0. The van der Waals surface area contributed by atoms with E-state index in [4.69, 9.17) is 9.47 Å². The SMILES string of the molecule is CCc1ccc(OCC(=O)NC2CCN(C[C@H]3CCOC3)CC2)cc1. The molecule has 2 aliphatic heterocycles. The molecule has 1 N–H and O–H groups in total. The van der Waals surface area contributed by atoms with Gasteiger partial charge in [-0.25, -0.2) is 0 Å². The number of nitrogens with one attached hydrogen (secondary N) is 1. The number of amides is 1. The number of benzene rings is 1. The number of piperidine rings is 1. The summed E-state index contributed by atoms with van der Waals surface area (Å²) in [5.41, 5.74) is 1.27. The lowest BCUT2D eigenvalue weighted by atomic mass is 10.0. The van der Waals surface area contributed by atoms with Gasteiger partial charge in [-0.3, -0.25) is 4.79 Å². The molecule has 5 heteroatoms. The largest absolute Gasteiger partial charge is 0.484 e. The highest BCUT2D eigenvalue weighted by molar-refractivity contribution is 5.77. The molecule has 0 bridgehead atoms. The highest BCUT2D eigenvalue weighted by atomic mass is 16.5. The maximum absolute atomic E-state index is 12.1. The molecule has 1 amide bonds. The highest BCUT2D eigenvalue weighted by Gasteiger charge is 2.24. The van der Waals surface area contributed by atoms with E-state index in [1.165, 1.54) is 12.0 Å². The summed E-state index contributed by atoms with van der Waals surface area (Å²) in [5, 5.41) is 3.11. The number of likely N-dealkylation sites (tertiary alicyclic amines) is 1. The van der Waals surface area contributed by atoms with Gasteiger partial charge in [-0.1, -0.05) is 19.1 Å². The van der Waals surface area contributed by atoms with E-state index in [0.717, 1.165) is 57.9 Å². The predicted octanol–water partition coefficient (Wildman–Crippen LogP) is 2.24. The number of hydrogen-bond acceptors (Lipinski definition) is 4. The Kier molecular flexibility index (Phi) is 6.70. The Morgan fingerprint density at radius 1 is 1.24 bits per heavy atom. The van der Waals surface area contributed by atoms with Crippen LogP contribution in [0.1, 0.15) is 31.7 Å². The molecule has 2 aliphatic rings. The van der Waals surface area contributed by atoms with Crippen LogP contribution in [-0.2, 0) is 16.0 Å². The van der Waals surface area contributed by atoms with Crippen LogP contribution in [-0.4, -0.2) is 56.3 Å². The highest BCUT2D eigenvalue weighted by Crippen LogP contribution is 2.18. The Labute approximate surface area is 150 Å². The van der Waals surface area contributed by atoms with Crippen molar-refractivity contribution in [1.29, 1.82) is 0 Å². The molecule has 25 heavy (non-hydrogen) atoms. The first-order valence-electron chi connectivity index (χ1n) is 9.54. The summed E-state index contributed by atoms with van der Waals surface area (Å²) in [5.74, 6) is 1.42. The molecule has 2 saturated heterocycles. The minimum atomic E-state index is -0.0257. The van der Waals surface area contributed by atoms with E-state index in [-0.39, 0.29) is 18.6 Å². The summed E-state index contributed by atoms with van der Waals surface area (Å²) in [6.07, 6.45) is 4.23. The molecule has 3 rings (SSSR count). The van der Waals surface area contributed by atoms with Gasteiger partial charge in [0, 0.05) is 32.3 Å². The molecular formula is C20H30N2O3. The molecule has 0 unspecified atom stereocenters. The van der Waals surface area contributed by atoms with Crippen molar-refractivity contribution in [1.82, 2.24) is 10.2 Å². The number of rotatable bonds is 7. The first kappa shape index (κ1) is 18.2. The van der Waals surface area contributed by atoms with Gasteiger partial charge in [-0.2, -0.15) is 0 Å². The Morgan fingerprint density at radius 3 is 2.64 bits per heavy atom. The fourth-order valence-corrected chi connectivity index (χ4v) is 3.59. The van der Waals surface area contributed by atoms with Gasteiger partial charge in [0.2, 0.25) is 0 Å². The second-order valence-corrected chi connectivity index (χ2v) is 7.16. The van der Waals surface area contributed by atoms with Crippen LogP contribution < -0.4 is 10.1 Å². The summed E-state index contributed by atoms with van der Waals surface area (Å²) in [7, 11) is 0. The maximum atomic E-state index is 12.1. The van der Waals surface area contributed by atoms with Crippen molar-refractivity contribution in [2.24, 2.45) is 5.92 Å². The lowest BCUT2D eigenvalue weighted by molar-refractivity contribution is -0.124. The van der Waals surface area contributed by atoms with Crippen molar-refractivity contribution in [2.75, 3.05) is 39.5 Å². The van der Waals surface area contributed by atoms with Gasteiger partial charge < -0.3 is 19.7 Å². The fraction of sp³-hybridized carbons (Fsp3) is 0.650. The monoisotopic (exact) mass is 346 g/mol. The maximum Gasteiger partial charge on any atom is 0.258 e. The van der Waals surface area contributed by atoms with E-state index in [0.29, 0.717) is 5.92 Å². The van der Waals surface area contributed by atoms with Crippen molar-refractivity contribution >= 4 is 5.91 Å². The molecule has 1 aromatic carbocycles. The number of carbonyl (C=O) groups is 1. The zero-order valence-electron chi connectivity index (χ0n) is 15.2. The van der Waals surface area contributed by atoms with Gasteiger partial charge in [-0.15, -0.1) is 0 Å². The predicted molar refractivity (Wildman–Crippen MR) is 97.8 cm³/mol. The lowest BCUT2D eigenvalue weighted by Crippen LogP contribution is -2.46. The molecule has 5 nitrogen and oxygen atoms in total. The summed E-state index contributed by atoms with van der Waals surface area (Å²) in [4.78, 5) is 14.6. The third-order valence-corrected chi connectivity index (χ3v) is 5.19. The van der Waals surface area contributed by atoms with E-state index in [1.807, 2.05) is 24.3 Å². The second kappa shape index (κ2) is 9.20. The Bertz CT molecular complexity index is 532. The number of ether oxygens (including phenoxy) is 2. The molecule has 138 valence electrons. The Morgan fingerprint density at radius 2 is 2.00 bits per heavy atom. The summed E-state index contributed by atoms with van der Waals surface area (Å²) in [6.45, 7) is 7.28. The van der Waals surface area contributed by atoms with E-state index in [2.05, 4.69) is 17.1 Å². The van der Waals surface area contributed by atoms with Crippen LogP contribution in [0.2, 0.25) is 0 Å². The lowest BCUT2D eigenvalue weighted by Gasteiger charge is -2.33. The molecule has 0 aromatic heterocycles. The average molecular weight is 346 g/mol. The van der Waals surface area contributed by atoms with E-state index >= 15 is 0 Å². The van der Waals surface area contributed by atoms with E-state index in [9.17, 15) is 4.79 Å². The van der Waals surface area contributed by atoms with Crippen LogP contribution >= 0.6 is 0 Å². The van der Waals surface area contributed by atoms with Crippen molar-refractivity contribution < 1.29 is 14.3 Å². The van der Waals surface area contributed by atoms with Crippen molar-refractivity contribution in [2.45, 2.75) is 38.6 Å². The van der Waals surface area contributed by atoms with Crippen molar-refractivity contribution in [3.05, 3.63) is 29.8 Å². The van der Waals surface area contributed by atoms with Gasteiger partial charge in [0.1, 0.15) is 5.75 Å². The number of nitrogens with zero attached hydrogens (tertiary/aromatic N) is 1. The van der Waals surface area contributed by atoms with Gasteiger partial charge in [0.25, 0.3) is 5.91 Å². The third kappa shape index (κ3) is 5.72. The molecular weight excluding hydrogens is 316 g/mol. The third-order valence-electron chi connectivity index (χ3n) is 5.19. The quantitative estimate of drug-likeness (QED) is 0.823. The van der Waals surface area contributed by atoms with Crippen LogP contribution in [0.3, 0.4) is 0 Å². The summed E-state index contributed by atoms with van der Waals surface area (Å²) >= 11 is 0. The molecule has 0 spiro atoms. The topological polar surface area (TPSA) is 50.8 Å². The van der Waals surface area contributed by atoms with Crippen LogP contribution in [0, 0.1) is 5.92 Å². The molecule has 1 atom stereocenters. The van der Waals surface area contributed by atoms with Crippen LogP contribution in [0.15, 0.2) is 24.3 Å². The fourth-order valence-electron chi connectivity index (χ4n) is 3.59. The first-order chi connectivity index (χ1) is 12.2. The summed E-state index contributed by atoms with van der Waals surface area (Å²) < 4.78 is 11.0. The number of hydrogen-bond donors (Lipinski definition) is 1. The molecule has 0 aliphatic carbocycles. The smallest absolute Gasteiger partial charge is 0.258 e. The van der Waals surface area contributed by atoms with Crippen molar-refractivity contribution in [3.8, 4) is 5.75 Å². The molecule has 0 saturated carbocycles.